The number of aliphatic hydroxyl groups is 1. The maximum Gasteiger partial charge on any atom is 0.338 e. The zero-order valence-corrected chi connectivity index (χ0v) is 47.2. The van der Waals surface area contributed by atoms with Gasteiger partial charge in [-0.1, -0.05) is 77.9 Å². The van der Waals surface area contributed by atoms with Crippen molar-refractivity contribution < 1.29 is 43.2 Å². The van der Waals surface area contributed by atoms with Crippen LogP contribution >= 0.6 is 0 Å². The summed E-state index contributed by atoms with van der Waals surface area (Å²) < 4.78 is 26.7. The summed E-state index contributed by atoms with van der Waals surface area (Å²) in [7, 11) is 7.91. The summed E-state index contributed by atoms with van der Waals surface area (Å²) in [5.74, 6) is 3.63. The predicted octanol–water partition coefficient (Wildman–Crippen LogP) is 13.7. The predicted molar refractivity (Wildman–Crippen MR) is 311 cm³/mol. The first-order chi connectivity index (χ1) is 37.2. The van der Waals surface area contributed by atoms with Crippen LogP contribution in [0.15, 0.2) is 134 Å². The van der Waals surface area contributed by atoms with Crippen LogP contribution in [-0.2, 0) is 34.0 Å². The lowest BCUT2D eigenvalue weighted by atomic mass is 9.91. The van der Waals surface area contributed by atoms with E-state index in [0.717, 1.165) is 89.1 Å². The normalized spacial score (nSPS) is 11.4. The van der Waals surface area contributed by atoms with E-state index in [0.29, 0.717) is 42.1 Å². The largest absolute Gasteiger partial charge is 0.497 e. The van der Waals surface area contributed by atoms with Crippen molar-refractivity contribution >= 4 is 51.0 Å². The number of nitrogens with zero attached hydrogens (tertiary/aromatic N) is 4. The van der Waals surface area contributed by atoms with Gasteiger partial charge in [0.25, 0.3) is 0 Å². The summed E-state index contributed by atoms with van der Waals surface area (Å²) in [5.41, 5.74) is 8.11. The van der Waals surface area contributed by atoms with E-state index in [1.807, 2.05) is 150 Å². The summed E-state index contributed by atoms with van der Waals surface area (Å²) in [4.78, 5) is 53.2. The van der Waals surface area contributed by atoms with E-state index in [2.05, 4.69) is 36.8 Å². The van der Waals surface area contributed by atoms with Gasteiger partial charge in [0.05, 0.1) is 60.8 Å². The van der Waals surface area contributed by atoms with E-state index >= 15 is 0 Å². The van der Waals surface area contributed by atoms with E-state index in [9.17, 15) is 19.5 Å². The number of pyridine rings is 2. The Morgan fingerprint density at radius 1 is 0.487 bits per heavy atom. The molecule has 2 heterocycles. The first-order valence-electron chi connectivity index (χ1n) is 25.9. The third-order valence-corrected chi connectivity index (χ3v) is 13.4. The lowest BCUT2D eigenvalue weighted by Gasteiger charge is -2.28. The number of hydrogen-bond donors (Lipinski definition) is 1. The molecule has 0 bridgehead atoms. The number of aryl methyl sites for hydroxylation is 2. The average molecular weight is 1050 g/mol. The molecule has 0 radical (unpaired) electrons. The number of anilines is 2. The lowest BCUT2D eigenvalue weighted by Crippen LogP contribution is -2.34. The number of amides is 2. The van der Waals surface area contributed by atoms with Crippen molar-refractivity contribution in [3.05, 3.63) is 167 Å². The molecule has 0 fully saturated rings. The van der Waals surface area contributed by atoms with Crippen LogP contribution in [-0.4, -0.2) is 68.4 Å². The maximum atomic E-state index is 13.8. The summed E-state index contributed by atoms with van der Waals surface area (Å²) >= 11 is 0. The summed E-state index contributed by atoms with van der Waals surface area (Å²) in [6, 6.07) is 38.8. The van der Waals surface area contributed by atoms with Crippen LogP contribution in [0.1, 0.15) is 92.6 Å². The standard InChI is InChI=1S/C33H36N2O5.C32H36N2O4/c1-21-16-22(10-13-29(21)39-6)23-8-9-25(28(18-23)32(37)40-7)20-35(30(36)19-33(2,3)4)31-27-12-11-26(38-5)17-24(27)14-15-34-31;1-21-15-22(9-12-29(21)38-6)23-7-8-25(26(16-23)20-35)19-34(30(36)18-32(2,3)4)31-28-11-10-27(37-5)17-24(28)13-14-33-31/h8-18H,19-20H2,1-7H3;7-17,35H,18-20H2,1-6H3. The van der Waals surface area contributed by atoms with E-state index in [4.69, 9.17) is 23.7 Å². The molecule has 8 rings (SSSR count). The van der Waals surface area contributed by atoms with Crippen LogP contribution in [0.2, 0.25) is 0 Å². The third kappa shape index (κ3) is 13.8. The van der Waals surface area contributed by atoms with Crippen molar-refractivity contribution in [2.24, 2.45) is 10.8 Å². The van der Waals surface area contributed by atoms with Crippen LogP contribution in [0.25, 0.3) is 43.8 Å². The van der Waals surface area contributed by atoms with Crippen molar-refractivity contribution in [1.82, 2.24) is 9.97 Å². The van der Waals surface area contributed by atoms with Gasteiger partial charge in [-0.3, -0.25) is 19.4 Å². The molecule has 1 N–H and O–H groups in total. The zero-order chi connectivity index (χ0) is 56.5. The van der Waals surface area contributed by atoms with Crippen LogP contribution in [0.4, 0.5) is 11.6 Å². The van der Waals surface area contributed by atoms with E-state index in [-0.39, 0.29) is 35.8 Å². The summed E-state index contributed by atoms with van der Waals surface area (Å²) in [5, 5.41) is 13.8. The topological polar surface area (TPSA) is 150 Å². The van der Waals surface area contributed by atoms with E-state index < -0.39 is 5.97 Å². The Hall–Kier alpha value is -8.29. The highest BCUT2D eigenvalue weighted by Crippen LogP contribution is 2.36. The first-order valence-corrected chi connectivity index (χ1v) is 25.9. The molecular formula is C65H72N4O9. The summed E-state index contributed by atoms with van der Waals surface area (Å²) in [6.07, 6.45) is 4.07. The Morgan fingerprint density at radius 2 is 0.910 bits per heavy atom. The summed E-state index contributed by atoms with van der Waals surface area (Å²) in [6.45, 7) is 16.5. The molecule has 0 saturated heterocycles. The van der Waals surface area contributed by atoms with Gasteiger partial charge >= 0.3 is 5.97 Å². The van der Waals surface area contributed by atoms with Gasteiger partial charge in [0, 0.05) is 36.0 Å². The molecule has 2 amide bonds. The molecule has 13 heteroatoms. The molecule has 78 heavy (non-hydrogen) atoms. The average Bonchev–Trinajstić information content (AvgIpc) is 3.42. The van der Waals surface area contributed by atoms with Crippen LogP contribution in [0.3, 0.4) is 0 Å². The molecule has 13 nitrogen and oxygen atoms in total. The number of hydrogen-bond acceptors (Lipinski definition) is 11. The van der Waals surface area contributed by atoms with Crippen molar-refractivity contribution in [1.29, 1.82) is 0 Å². The van der Waals surface area contributed by atoms with Gasteiger partial charge in [-0.2, -0.15) is 0 Å². The fourth-order valence-electron chi connectivity index (χ4n) is 9.38. The quantitative estimate of drug-likeness (QED) is 0.0921. The first kappa shape index (κ1) is 57.4. The van der Waals surface area contributed by atoms with Crippen LogP contribution in [0.5, 0.6) is 23.0 Å². The minimum atomic E-state index is -0.471. The van der Waals surface area contributed by atoms with Gasteiger partial charge < -0.3 is 28.8 Å². The van der Waals surface area contributed by atoms with Gasteiger partial charge in [-0.05, 0) is 170 Å². The second kappa shape index (κ2) is 24.8. The SMILES string of the molecule is COC(=O)c1cc(-c2ccc(OC)c(C)c2)ccc1CN(C(=O)CC(C)(C)C)c1nccc2cc(OC)ccc12.COc1ccc2c(N(Cc3ccc(-c4ccc(OC)c(C)c4)cc3CO)C(=O)CC(C)(C)C)nccc2c1. The maximum absolute atomic E-state index is 13.8. The van der Waals surface area contributed by atoms with Gasteiger partial charge in [-0.25, -0.2) is 14.8 Å². The molecular weight excluding hydrogens is 981 g/mol. The van der Waals surface area contributed by atoms with Gasteiger partial charge in [0.2, 0.25) is 11.8 Å². The highest BCUT2D eigenvalue weighted by atomic mass is 16.5. The number of aromatic nitrogens is 2. The number of methoxy groups -OCH3 is 5. The Morgan fingerprint density at radius 3 is 1.32 bits per heavy atom. The highest BCUT2D eigenvalue weighted by molar-refractivity contribution is 6.04. The fraction of sp³-hybridized carbons (Fsp3) is 0.308. The number of carbonyl (C=O) groups excluding carboxylic acids is 3. The minimum Gasteiger partial charge on any atom is -0.497 e. The van der Waals surface area contributed by atoms with Gasteiger partial charge in [0.15, 0.2) is 0 Å². The second-order valence-electron chi connectivity index (χ2n) is 21.8. The van der Waals surface area contributed by atoms with Gasteiger partial charge in [-0.15, -0.1) is 0 Å². The van der Waals surface area contributed by atoms with E-state index in [1.54, 1.807) is 50.6 Å². The van der Waals surface area contributed by atoms with Crippen molar-refractivity contribution in [2.75, 3.05) is 45.3 Å². The molecule has 8 aromatic rings. The van der Waals surface area contributed by atoms with E-state index in [1.165, 1.54) is 7.11 Å². The molecule has 0 saturated carbocycles. The number of carbonyl (C=O) groups is 3. The number of esters is 1. The Labute approximate surface area is 458 Å². The Balaban J connectivity index is 0.000000226. The van der Waals surface area contributed by atoms with Crippen LogP contribution in [0, 0.1) is 24.7 Å². The smallest absolute Gasteiger partial charge is 0.338 e. The van der Waals surface area contributed by atoms with Crippen molar-refractivity contribution in [3.63, 3.8) is 0 Å². The number of ether oxygens (including phenoxy) is 5. The van der Waals surface area contributed by atoms with Crippen molar-refractivity contribution in [3.8, 4) is 45.3 Å². The monoisotopic (exact) mass is 1050 g/mol. The zero-order valence-electron chi connectivity index (χ0n) is 47.2. The number of fused-ring (bicyclic) bond motifs is 2. The fourth-order valence-corrected chi connectivity index (χ4v) is 9.38. The van der Waals surface area contributed by atoms with Gasteiger partial charge in [0.1, 0.15) is 34.6 Å². The molecule has 0 aliphatic rings. The molecule has 0 spiro atoms. The van der Waals surface area contributed by atoms with Crippen molar-refractivity contribution in [2.45, 2.75) is 87.9 Å². The Kier molecular flexibility index (Phi) is 18.3. The molecule has 0 atom stereocenters. The number of aliphatic hydroxyl groups excluding tert-OH is 1. The number of benzene rings is 6. The lowest BCUT2D eigenvalue weighted by molar-refractivity contribution is -0.121. The molecule has 2 aromatic heterocycles. The Bertz CT molecular complexity index is 3470. The molecule has 0 aliphatic heterocycles. The highest BCUT2D eigenvalue weighted by Gasteiger charge is 2.28. The molecule has 0 unspecified atom stereocenters. The number of rotatable bonds is 16. The second-order valence-corrected chi connectivity index (χ2v) is 21.8. The molecule has 406 valence electrons. The molecule has 0 aliphatic carbocycles. The third-order valence-electron chi connectivity index (χ3n) is 13.4. The minimum absolute atomic E-state index is 0.0212. The molecule has 6 aromatic carbocycles. The van der Waals surface area contributed by atoms with Crippen LogP contribution < -0.4 is 28.7 Å².